The third-order valence-corrected chi connectivity index (χ3v) is 13.7. The first kappa shape index (κ1) is 34.1. The van der Waals surface area contributed by atoms with Crippen molar-refractivity contribution in [3.8, 4) is 33.4 Å². The van der Waals surface area contributed by atoms with E-state index in [9.17, 15) is 0 Å². The number of anilines is 3. The Bertz CT molecular complexity index is 3120. The van der Waals surface area contributed by atoms with Crippen molar-refractivity contribution in [2.24, 2.45) is 0 Å². The standard InChI is InChI=1S/C56H47N/c1-32-13-25-50(34(3)27-32)57(51-26-14-33(2)28-35(51)4)39-19-23-43-48(31-39)56(7,8)49-30-38-17-21-42-40(20-15-36-16-22-44(54(43)49)53(38)52(36)42)37-18-24-47-45(29-37)41-11-9-10-12-46(41)55(47,5)6/h9-31H,1-8H3. The maximum Gasteiger partial charge on any atom is 0.0491 e. The molecule has 0 atom stereocenters. The number of benzene rings is 9. The first-order chi connectivity index (χ1) is 27.4. The number of hydrogen-bond acceptors (Lipinski definition) is 1. The molecule has 0 bridgehead atoms. The van der Waals surface area contributed by atoms with E-state index in [2.05, 4.69) is 200 Å². The SMILES string of the molecule is Cc1ccc(N(c2ccc3c(c2)C(C)(C)c2cc4ccc5c(-c6ccc7c(c6)-c6ccccc6C7(C)C)ccc6ccc(c2-3)c4c65)c2ccc(C)cc2C)c(C)c1. The van der Waals surface area contributed by atoms with E-state index in [-0.39, 0.29) is 10.8 Å². The number of rotatable bonds is 4. The van der Waals surface area contributed by atoms with Gasteiger partial charge < -0.3 is 4.90 Å². The molecule has 57 heavy (non-hydrogen) atoms. The van der Waals surface area contributed by atoms with Crippen molar-refractivity contribution in [1.29, 1.82) is 0 Å². The van der Waals surface area contributed by atoms with Crippen molar-refractivity contribution >= 4 is 49.4 Å². The van der Waals surface area contributed by atoms with Gasteiger partial charge in [-0.1, -0.05) is 142 Å². The fraction of sp³-hybridized carbons (Fsp3) is 0.179. The summed E-state index contributed by atoms with van der Waals surface area (Å²) in [7, 11) is 0. The second-order valence-electron chi connectivity index (χ2n) is 18.0. The Morgan fingerprint density at radius 1 is 0.404 bits per heavy atom. The summed E-state index contributed by atoms with van der Waals surface area (Å²) in [6.45, 7) is 18.4. The van der Waals surface area contributed by atoms with E-state index >= 15 is 0 Å². The summed E-state index contributed by atoms with van der Waals surface area (Å²) in [4.78, 5) is 2.48. The van der Waals surface area contributed by atoms with E-state index in [4.69, 9.17) is 0 Å². The molecule has 0 radical (unpaired) electrons. The number of nitrogens with zero attached hydrogens (tertiary/aromatic N) is 1. The van der Waals surface area contributed by atoms with Gasteiger partial charge in [-0.15, -0.1) is 0 Å². The molecular formula is C56H47N. The average Bonchev–Trinajstić information content (AvgIpc) is 3.57. The molecule has 11 rings (SSSR count). The molecule has 2 aliphatic carbocycles. The Morgan fingerprint density at radius 2 is 1.02 bits per heavy atom. The van der Waals surface area contributed by atoms with Crippen LogP contribution in [0.25, 0.3) is 65.7 Å². The molecule has 1 heteroatoms. The molecule has 2 aliphatic rings. The van der Waals surface area contributed by atoms with Gasteiger partial charge in [0.05, 0.1) is 0 Å². The largest absolute Gasteiger partial charge is 0.310 e. The minimum absolute atomic E-state index is 0.00412. The van der Waals surface area contributed by atoms with E-state index in [1.54, 1.807) is 0 Å². The lowest BCUT2D eigenvalue weighted by Crippen LogP contribution is -2.17. The van der Waals surface area contributed by atoms with E-state index < -0.39 is 0 Å². The van der Waals surface area contributed by atoms with Crippen LogP contribution in [0, 0.1) is 27.7 Å². The van der Waals surface area contributed by atoms with Gasteiger partial charge >= 0.3 is 0 Å². The average molecular weight is 734 g/mol. The first-order valence-electron chi connectivity index (χ1n) is 20.5. The molecule has 0 fully saturated rings. The number of hydrogen-bond donors (Lipinski definition) is 0. The summed E-state index contributed by atoms with van der Waals surface area (Å²) in [5.41, 5.74) is 22.2. The van der Waals surface area contributed by atoms with Crippen LogP contribution in [0.15, 0.2) is 140 Å². The highest BCUT2D eigenvalue weighted by atomic mass is 15.1. The molecule has 276 valence electrons. The predicted octanol–water partition coefficient (Wildman–Crippen LogP) is 15.6. The van der Waals surface area contributed by atoms with Gasteiger partial charge in [-0.25, -0.2) is 0 Å². The van der Waals surface area contributed by atoms with Crippen LogP contribution in [-0.4, -0.2) is 0 Å². The molecule has 0 spiro atoms. The van der Waals surface area contributed by atoms with Crippen molar-refractivity contribution in [2.75, 3.05) is 4.90 Å². The lowest BCUT2D eigenvalue weighted by molar-refractivity contribution is 0.660. The monoisotopic (exact) mass is 733 g/mol. The Hall–Kier alpha value is -6.18. The summed E-state index contributed by atoms with van der Waals surface area (Å²) in [6.07, 6.45) is 0. The predicted molar refractivity (Wildman–Crippen MR) is 244 cm³/mol. The molecule has 0 amide bonds. The van der Waals surface area contributed by atoms with Crippen molar-refractivity contribution < 1.29 is 0 Å². The smallest absolute Gasteiger partial charge is 0.0491 e. The molecule has 0 unspecified atom stereocenters. The highest BCUT2D eigenvalue weighted by Gasteiger charge is 2.39. The van der Waals surface area contributed by atoms with Crippen LogP contribution >= 0.6 is 0 Å². The maximum atomic E-state index is 2.50. The van der Waals surface area contributed by atoms with Gasteiger partial charge in [-0.05, 0) is 163 Å². The van der Waals surface area contributed by atoms with Crippen LogP contribution in [-0.2, 0) is 10.8 Å². The van der Waals surface area contributed by atoms with Gasteiger partial charge in [0.25, 0.3) is 0 Å². The van der Waals surface area contributed by atoms with Crippen LogP contribution in [0.3, 0.4) is 0 Å². The van der Waals surface area contributed by atoms with Gasteiger partial charge in [0.1, 0.15) is 0 Å². The molecule has 9 aromatic rings. The van der Waals surface area contributed by atoms with Gasteiger partial charge in [0.2, 0.25) is 0 Å². The van der Waals surface area contributed by atoms with Crippen molar-refractivity contribution in [1.82, 2.24) is 0 Å². The van der Waals surface area contributed by atoms with Gasteiger partial charge in [-0.2, -0.15) is 0 Å². The minimum atomic E-state index is -0.179. The zero-order chi connectivity index (χ0) is 39.1. The van der Waals surface area contributed by atoms with E-state index in [0.717, 1.165) is 0 Å². The summed E-state index contributed by atoms with van der Waals surface area (Å²) in [5, 5.41) is 8.02. The van der Waals surface area contributed by atoms with E-state index in [1.165, 1.54) is 127 Å². The molecule has 0 aromatic heterocycles. The zero-order valence-electron chi connectivity index (χ0n) is 34.2. The molecule has 1 nitrogen and oxygen atoms in total. The first-order valence-corrected chi connectivity index (χ1v) is 20.5. The van der Waals surface area contributed by atoms with Crippen LogP contribution in [0.1, 0.15) is 72.2 Å². The van der Waals surface area contributed by atoms with E-state index in [0.29, 0.717) is 0 Å². The molecule has 0 aliphatic heterocycles. The van der Waals surface area contributed by atoms with Crippen molar-refractivity contribution in [3.05, 3.63) is 184 Å². The highest BCUT2D eigenvalue weighted by Crippen LogP contribution is 2.56. The minimum Gasteiger partial charge on any atom is -0.310 e. The van der Waals surface area contributed by atoms with Gasteiger partial charge in [0.15, 0.2) is 0 Å². The molecule has 0 N–H and O–H groups in total. The number of fused-ring (bicyclic) bond motifs is 7. The van der Waals surface area contributed by atoms with Crippen molar-refractivity contribution in [3.63, 3.8) is 0 Å². The zero-order valence-corrected chi connectivity index (χ0v) is 34.2. The molecular weight excluding hydrogens is 687 g/mol. The molecule has 0 saturated carbocycles. The molecule has 0 heterocycles. The summed E-state index contributed by atoms with van der Waals surface area (Å²) in [6, 6.07) is 53.7. The van der Waals surface area contributed by atoms with Crippen LogP contribution in [0.2, 0.25) is 0 Å². The van der Waals surface area contributed by atoms with Crippen LogP contribution in [0.4, 0.5) is 17.1 Å². The van der Waals surface area contributed by atoms with Crippen molar-refractivity contribution in [2.45, 2.75) is 66.2 Å². The third kappa shape index (κ3) is 4.69. The van der Waals surface area contributed by atoms with E-state index in [1.807, 2.05) is 0 Å². The van der Waals surface area contributed by atoms with Crippen LogP contribution in [0.5, 0.6) is 0 Å². The summed E-state index contributed by atoms with van der Waals surface area (Å²) in [5.74, 6) is 0. The highest BCUT2D eigenvalue weighted by molar-refractivity contribution is 6.28. The Kier molecular flexibility index (Phi) is 6.99. The maximum absolute atomic E-state index is 2.50. The Balaban J connectivity index is 1.10. The van der Waals surface area contributed by atoms with Gasteiger partial charge in [-0.3, -0.25) is 0 Å². The molecule has 9 aromatic carbocycles. The lowest BCUT2D eigenvalue weighted by Gasteiger charge is -2.30. The Morgan fingerprint density at radius 3 is 1.75 bits per heavy atom. The third-order valence-electron chi connectivity index (χ3n) is 13.7. The number of aryl methyl sites for hydroxylation is 4. The lowest BCUT2D eigenvalue weighted by atomic mass is 9.80. The fourth-order valence-corrected chi connectivity index (χ4v) is 10.9. The summed E-state index contributed by atoms with van der Waals surface area (Å²) >= 11 is 0. The molecule has 0 saturated heterocycles. The second-order valence-corrected chi connectivity index (χ2v) is 18.0. The topological polar surface area (TPSA) is 3.24 Å². The van der Waals surface area contributed by atoms with Gasteiger partial charge in [0, 0.05) is 27.9 Å². The fourth-order valence-electron chi connectivity index (χ4n) is 10.9. The summed E-state index contributed by atoms with van der Waals surface area (Å²) < 4.78 is 0. The second kappa shape index (κ2) is 11.7. The quantitative estimate of drug-likeness (QED) is 0.163. The Labute approximate surface area is 336 Å². The normalized spacial score (nSPS) is 14.6. The van der Waals surface area contributed by atoms with Crippen LogP contribution < -0.4 is 4.90 Å².